The predicted octanol–water partition coefficient (Wildman–Crippen LogP) is 2.60. The van der Waals surface area contributed by atoms with Gasteiger partial charge in [-0.2, -0.15) is 0 Å². The van der Waals surface area contributed by atoms with Gasteiger partial charge in [-0.1, -0.05) is 35.5 Å². The van der Waals surface area contributed by atoms with Crippen LogP contribution in [0.2, 0.25) is 0 Å². The third-order valence-corrected chi connectivity index (χ3v) is 2.95. The molecule has 6 heteroatoms. The average Bonchev–Trinajstić information content (AvgIpc) is 2.51. The summed E-state index contributed by atoms with van der Waals surface area (Å²) in [5.74, 6) is 0.985. The maximum absolute atomic E-state index is 5.88. The Labute approximate surface area is 124 Å². The van der Waals surface area contributed by atoms with Crippen LogP contribution in [0.15, 0.2) is 41.8 Å². The largest absolute Gasteiger partial charge is 0.396 e. The first-order valence-electron chi connectivity index (χ1n) is 6.79. The first kappa shape index (κ1) is 14.8. The lowest BCUT2D eigenvalue weighted by atomic mass is 10.1. The first-order chi connectivity index (χ1) is 10.2. The van der Waals surface area contributed by atoms with Crippen molar-refractivity contribution in [1.29, 1.82) is 0 Å². The third-order valence-electron chi connectivity index (χ3n) is 2.95. The third kappa shape index (κ3) is 3.92. The van der Waals surface area contributed by atoms with Crippen molar-refractivity contribution < 1.29 is 4.84 Å². The van der Waals surface area contributed by atoms with Gasteiger partial charge in [-0.3, -0.25) is 0 Å². The number of rotatable bonds is 6. The van der Waals surface area contributed by atoms with Crippen LogP contribution in [0.25, 0.3) is 0 Å². The lowest BCUT2D eigenvalue weighted by molar-refractivity contribution is 0.160. The Morgan fingerprint density at radius 3 is 2.81 bits per heavy atom. The maximum Gasteiger partial charge on any atom is 0.141 e. The second-order valence-electron chi connectivity index (χ2n) is 4.45. The minimum absolute atomic E-state index is 0.0831. The summed E-state index contributed by atoms with van der Waals surface area (Å²) in [6.07, 6.45) is 2.95. The molecular weight excluding hydrogens is 266 g/mol. The Kier molecular flexibility index (Phi) is 5.09. The molecule has 21 heavy (non-hydrogen) atoms. The molecule has 0 radical (unpaired) electrons. The molecule has 0 fully saturated rings. The van der Waals surface area contributed by atoms with E-state index in [1.54, 1.807) is 0 Å². The van der Waals surface area contributed by atoms with E-state index in [1.807, 2.05) is 25.1 Å². The molecule has 6 nitrogen and oxygen atoms in total. The molecule has 0 unspecified atom stereocenters. The summed E-state index contributed by atoms with van der Waals surface area (Å²) < 4.78 is 0. The van der Waals surface area contributed by atoms with Crippen LogP contribution in [0.1, 0.15) is 31.0 Å². The highest BCUT2D eigenvalue weighted by atomic mass is 16.6. The molecule has 0 bridgehead atoms. The van der Waals surface area contributed by atoms with Crippen molar-refractivity contribution in [3.05, 3.63) is 47.8 Å². The number of anilines is 2. The predicted molar refractivity (Wildman–Crippen MR) is 84.1 cm³/mol. The lowest BCUT2D eigenvalue weighted by Crippen LogP contribution is -2.12. The van der Waals surface area contributed by atoms with Gasteiger partial charge < -0.3 is 15.9 Å². The quantitative estimate of drug-likeness (QED) is 0.629. The molecule has 2 rings (SSSR count). The summed E-state index contributed by atoms with van der Waals surface area (Å²) in [5, 5.41) is 7.15. The van der Waals surface area contributed by atoms with Gasteiger partial charge in [0, 0.05) is 6.04 Å². The molecule has 0 spiro atoms. The fourth-order valence-corrected chi connectivity index (χ4v) is 1.85. The van der Waals surface area contributed by atoms with Crippen LogP contribution in [-0.4, -0.2) is 22.8 Å². The Balaban J connectivity index is 2.21. The van der Waals surface area contributed by atoms with Crippen molar-refractivity contribution in [2.24, 2.45) is 5.16 Å². The van der Waals surface area contributed by atoms with Crippen molar-refractivity contribution in [2.45, 2.75) is 19.9 Å². The minimum Gasteiger partial charge on any atom is -0.396 e. The number of aromatic nitrogens is 2. The Morgan fingerprint density at radius 2 is 2.10 bits per heavy atom. The highest BCUT2D eigenvalue weighted by molar-refractivity contribution is 5.91. The van der Waals surface area contributed by atoms with Crippen LogP contribution in [0.5, 0.6) is 0 Å². The number of hydrogen-bond acceptors (Lipinski definition) is 6. The molecule has 110 valence electrons. The summed E-state index contributed by atoms with van der Waals surface area (Å²) >= 11 is 0. The summed E-state index contributed by atoms with van der Waals surface area (Å²) in [6, 6.07) is 10.2. The van der Waals surface area contributed by atoms with Gasteiger partial charge in [0.15, 0.2) is 0 Å². The molecule has 0 saturated heterocycles. The Morgan fingerprint density at radius 1 is 1.33 bits per heavy atom. The van der Waals surface area contributed by atoms with E-state index in [0.717, 1.165) is 5.56 Å². The molecule has 1 heterocycles. The van der Waals surface area contributed by atoms with Gasteiger partial charge in [0.2, 0.25) is 0 Å². The molecule has 1 atom stereocenters. The van der Waals surface area contributed by atoms with Crippen molar-refractivity contribution in [2.75, 3.05) is 17.7 Å². The van der Waals surface area contributed by atoms with Crippen molar-refractivity contribution in [3.8, 4) is 0 Å². The number of hydrogen-bond donors (Lipinski definition) is 2. The van der Waals surface area contributed by atoms with Gasteiger partial charge in [0.25, 0.3) is 0 Å². The molecular formula is C15H19N5O. The normalized spacial score (nSPS) is 12.3. The van der Waals surface area contributed by atoms with Crippen molar-refractivity contribution >= 4 is 17.9 Å². The molecule has 1 aromatic heterocycles. The van der Waals surface area contributed by atoms with Crippen LogP contribution in [0, 0.1) is 0 Å². The zero-order chi connectivity index (χ0) is 15.1. The molecule has 0 amide bonds. The van der Waals surface area contributed by atoms with Crippen LogP contribution >= 0.6 is 0 Å². The van der Waals surface area contributed by atoms with Crippen LogP contribution in [-0.2, 0) is 4.84 Å². The van der Waals surface area contributed by atoms with E-state index in [2.05, 4.69) is 39.5 Å². The van der Waals surface area contributed by atoms with Crippen molar-refractivity contribution in [1.82, 2.24) is 9.97 Å². The fraction of sp³-hybridized carbons (Fsp3) is 0.267. The van der Waals surface area contributed by atoms with E-state index >= 15 is 0 Å². The standard InChI is InChI=1S/C15H19N5O/c1-3-21-19-9-13-14(16)17-10-18-15(13)20-11(2)12-7-5-4-6-8-12/h4-11H,3H2,1-2H3,(H3,16,17,18,20)/t11-/m1/s1. The minimum atomic E-state index is 0.0831. The van der Waals surface area contributed by atoms with Gasteiger partial charge in [0.05, 0.1) is 11.8 Å². The van der Waals surface area contributed by atoms with E-state index in [-0.39, 0.29) is 6.04 Å². The van der Waals surface area contributed by atoms with Gasteiger partial charge >= 0.3 is 0 Å². The molecule has 0 aliphatic heterocycles. The topological polar surface area (TPSA) is 85.4 Å². The molecule has 3 N–H and O–H groups in total. The van der Waals surface area contributed by atoms with Gasteiger partial charge in [-0.25, -0.2) is 9.97 Å². The second kappa shape index (κ2) is 7.23. The molecule has 1 aromatic carbocycles. The van der Waals surface area contributed by atoms with E-state index < -0.39 is 0 Å². The molecule has 0 aliphatic carbocycles. The smallest absolute Gasteiger partial charge is 0.141 e. The average molecular weight is 285 g/mol. The second-order valence-corrected chi connectivity index (χ2v) is 4.45. The summed E-state index contributed by atoms with van der Waals surface area (Å²) in [7, 11) is 0. The van der Waals surface area contributed by atoms with E-state index in [9.17, 15) is 0 Å². The van der Waals surface area contributed by atoms with Crippen LogP contribution in [0.4, 0.5) is 11.6 Å². The number of oxime groups is 1. The summed E-state index contributed by atoms with van der Waals surface area (Å²) in [4.78, 5) is 13.2. The number of nitrogen functional groups attached to an aromatic ring is 1. The van der Waals surface area contributed by atoms with E-state index in [4.69, 9.17) is 10.6 Å². The van der Waals surface area contributed by atoms with Gasteiger partial charge in [0.1, 0.15) is 24.6 Å². The highest BCUT2D eigenvalue weighted by Crippen LogP contribution is 2.21. The number of nitrogens with two attached hydrogens (primary N) is 1. The van der Waals surface area contributed by atoms with Crippen molar-refractivity contribution in [3.63, 3.8) is 0 Å². The monoisotopic (exact) mass is 285 g/mol. The lowest BCUT2D eigenvalue weighted by Gasteiger charge is -2.16. The molecule has 0 aliphatic rings. The van der Waals surface area contributed by atoms with E-state index in [1.165, 1.54) is 12.5 Å². The zero-order valence-corrected chi connectivity index (χ0v) is 12.2. The number of benzene rings is 1. The van der Waals surface area contributed by atoms with Crippen LogP contribution < -0.4 is 11.1 Å². The molecule has 0 saturated carbocycles. The maximum atomic E-state index is 5.88. The Hall–Kier alpha value is -2.63. The zero-order valence-electron chi connectivity index (χ0n) is 12.2. The number of nitrogens with zero attached hydrogens (tertiary/aromatic N) is 3. The first-order valence-corrected chi connectivity index (χ1v) is 6.79. The number of nitrogens with one attached hydrogen (secondary N) is 1. The fourth-order valence-electron chi connectivity index (χ4n) is 1.85. The van der Waals surface area contributed by atoms with Gasteiger partial charge in [-0.15, -0.1) is 0 Å². The molecule has 2 aromatic rings. The Bertz CT molecular complexity index is 600. The summed E-state index contributed by atoms with van der Waals surface area (Å²) in [5.41, 5.74) is 7.65. The summed E-state index contributed by atoms with van der Waals surface area (Å²) in [6.45, 7) is 4.41. The highest BCUT2D eigenvalue weighted by Gasteiger charge is 2.11. The van der Waals surface area contributed by atoms with Gasteiger partial charge in [-0.05, 0) is 19.4 Å². The van der Waals surface area contributed by atoms with Crippen LogP contribution in [0.3, 0.4) is 0 Å². The SMILES string of the molecule is CCON=Cc1c(N)ncnc1N[C@H](C)c1ccccc1. The van der Waals surface area contributed by atoms with E-state index in [0.29, 0.717) is 23.8 Å².